The normalized spacial score (nSPS) is 10.5. The fraction of sp³-hybridized carbons (Fsp3) is 0.467. The monoisotopic (exact) mass is 286 g/mol. The van der Waals surface area contributed by atoms with Gasteiger partial charge >= 0.3 is 6.08 Å². The van der Waals surface area contributed by atoms with Gasteiger partial charge in [-0.25, -0.2) is 0 Å². The van der Waals surface area contributed by atoms with E-state index in [1.165, 1.54) is 7.11 Å². The zero-order chi connectivity index (χ0) is 15.1. The van der Waals surface area contributed by atoms with Crippen LogP contribution in [0.3, 0.4) is 0 Å². The molecule has 0 fully saturated rings. The van der Waals surface area contributed by atoms with Crippen LogP contribution < -0.4 is 0 Å². The van der Waals surface area contributed by atoms with Crippen molar-refractivity contribution in [3.05, 3.63) is 40.5 Å². The van der Waals surface area contributed by atoms with Crippen molar-refractivity contribution in [1.29, 1.82) is 0 Å². The largest absolute Gasteiger partial charge is 0.461 e. The van der Waals surface area contributed by atoms with Gasteiger partial charge in [0.1, 0.15) is 0 Å². The summed E-state index contributed by atoms with van der Waals surface area (Å²) in [4.78, 5) is 0. The first-order valence-electron chi connectivity index (χ1n) is 6.30. The number of hydrogen-bond donors (Lipinski definition) is 0. The fourth-order valence-corrected chi connectivity index (χ4v) is 2.06. The average Bonchev–Trinajstić information content (AvgIpc) is 2.34. The second-order valence-electron chi connectivity index (χ2n) is 4.53. The van der Waals surface area contributed by atoms with Gasteiger partial charge in [0.25, 0.3) is 0 Å². The summed E-state index contributed by atoms with van der Waals surface area (Å²) in [5.41, 5.74) is 2.95. The van der Waals surface area contributed by atoms with Crippen LogP contribution in [0.4, 0.5) is 8.78 Å². The quantitative estimate of drug-likeness (QED) is 0.433. The van der Waals surface area contributed by atoms with Crippen molar-refractivity contribution in [1.82, 2.24) is 0 Å². The average molecular weight is 286 g/mol. The van der Waals surface area contributed by atoms with Crippen molar-refractivity contribution < 1.29 is 23.0 Å². The van der Waals surface area contributed by atoms with Gasteiger partial charge in [0.05, 0.1) is 13.2 Å². The van der Waals surface area contributed by atoms with Crippen molar-refractivity contribution in [2.24, 2.45) is 0 Å². The maximum absolute atomic E-state index is 13.1. The molecule has 0 spiro atoms. The van der Waals surface area contributed by atoms with Crippen LogP contribution in [0, 0.1) is 20.8 Å². The van der Waals surface area contributed by atoms with E-state index in [1.54, 1.807) is 13.8 Å². The minimum absolute atomic E-state index is 0.233. The van der Waals surface area contributed by atoms with E-state index in [9.17, 15) is 8.78 Å². The second-order valence-corrected chi connectivity index (χ2v) is 4.53. The molecule has 1 aromatic carbocycles. The summed E-state index contributed by atoms with van der Waals surface area (Å²) in [6, 6.07) is 3.70. The summed E-state index contributed by atoms with van der Waals surface area (Å²) < 4.78 is 41.1. The van der Waals surface area contributed by atoms with Crippen LogP contribution in [-0.2, 0) is 14.2 Å². The fourth-order valence-electron chi connectivity index (χ4n) is 2.06. The lowest BCUT2D eigenvalue weighted by Gasteiger charge is -2.15. The molecule has 1 aromatic rings. The molecule has 5 heteroatoms. The van der Waals surface area contributed by atoms with E-state index in [-0.39, 0.29) is 6.79 Å². The summed E-state index contributed by atoms with van der Waals surface area (Å²) >= 11 is 0. The molecule has 20 heavy (non-hydrogen) atoms. The Morgan fingerprint density at radius 2 is 1.65 bits per heavy atom. The molecule has 1 rings (SSSR count). The molecule has 0 aliphatic heterocycles. The Kier molecular flexibility index (Phi) is 6.61. The number of hydrogen-bond acceptors (Lipinski definition) is 3. The molecule has 0 amide bonds. The molecule has 0 aromatic heterocycles. The number of rotatable bonds is 7. The molecule has 0 radical (unpaired) electrons. The van der Waals surface area contributed by atoms with Gasteiger partial charge < -0.3 is 14.2 Å². The number of ether oxygens (including phenoxy) is 3. The van der Waals surface area contributed by atoms with E-state index in [0.29, 0.717) is 18.8 Å². The van der Waals surface area contributed by atoms with E-state index >= 15 is 0 Å². The zero-order valence-corrected chi connectivity index (χ0v) is 12.3. The van der Waals surface area contributed by atoms with Crippen molar-refractivity contribution >= 4 is 5.76 Å². The van der Waals surface area contributed by atoms with Crippen LogP contribution in [0.5, 0.6) is 0 Å². The minimum atomic E-state index is -1.85. The Balaban J connectivity index is 2.86. The van der Waals surface area contributed by atoms with Crippen LogP contribution in [-0.4, -0.2) is 27.1 Å². The lowest BCUT2D eigenvalue weighted by molar-refractivity contribution is -0.0237. The second kappa shape index (κ2) is 7.97. The predicted molar refractivity (Wildman–Crippen MR) is 73.6 cm³/mol. The third kappa shape index (κ3) is 4.58. The van der Waals surface area contributed by atoms with Crippen LogP contribution in [0.2, 0.25) is 0 Å². The van der Waals surface area contributed by atoms with Crippen LogP contribution >= 0.6 is 0 Å². The Morgan fingerprint density at radius 1 is 1.05 bits per heavy atom. The topological polar surface area (TPSA) is 27.7 Å². The predicted octanol–water partition coefficient (Wildman–Crippen LogP) is 3.81. The Bertz CT molecular complexity index is 457. The van der Waals surface area contributed by atoms with Crippen molar-refractivity contribution in [3.63, 3.8) is 0 Å². The zero-order valence-electron chi connectivity index (χ0n) is 12.3. The van der Waals surface area contributed by atoms with Gasteiger partial charge in [0.15, 0.2) is 12.6 Å². The number of benzene rings is 1. The SMILES string of the molecule is COCCOCOC(=C(F)F)c1c(C)cc(C)cc1C. The summed E-state index contributed by atoms with van der Waals surface area (Å²) in [5.74, 6) is -0.419. The summed E-state index contributed by atoms with van der Waals surface area (Å²) in [5, 5.41) is 0. The first-order valence-corrected chi connectivity index (χ1v) is 6.30. The van der Waals surface area contributed by atoms with E-state index in [1.807, 2.05) is 19.1 Å². The molecule has 3 nitrogen and oxygen atoms in total. The smallest absolute Gasteiger partial charge is 0.312 e. The van der Waals surface area contributed by atoms with E-state index in [0.717, 1.165) is 16.7 Å². The first-order chi connectivity index (χ1) is 9.47. The van der Waals surface area contributed by atoms with E-state index < -0.39 is 11.8 Å². The molecule has 0 aliphatic carbocycles. The highest BCUT2D eigenvalue weighted by Gasteiger charge is 2.16. The minimum Gasteiger partial charge on any atom is -0.461 e. The van der Waals surface area contributed by atoms with Crippen molar-refractivity contribution in [2.45, 2.75) is 20.8 Å². The number of halogens is 2. The molecule has 0 heterocycles. The molecule has 0 atom stereocenters. The highest BCUT2D eigenvalue weighted by molar-refractivity contribution is 5.67. The lowest BCUT2D eigenvalue weighted by atomic mass is 9.98. The summed E-state index contributed by atoms with van der Waals surface area (Å²) in [6.07, 6.45) is -1.85. The maximum Gasteiger partial charge on any atom is 0.312 e. The molecule has 0 bridgehead atoms. The van der Waals surface area contributed by atoms with Crippen LogP contribution in [0.25, 0.3) is 5.76 Å². The molecule has 0 N–H and O–H groups in total. The van der Waals surface area contributed by atoms with Crippen LogP contribution in [0.1, 0.15) is 22.3 Å². The molecule has 0 saturated heterocycles. The van der Waals surface area contributed by atoms with Crippen LogP contribution in [0.15, 0.2) is 18.2 Å². The Morgan fingerprint density at radius 3 is 2.15 bits per heavy atom. The standard InChI is InChI=1S/C15H20F2O3/c1-10-7-11(2)13(12(3)8-10)14(15(16)17)20-9-19-6-5-18-4/h7-8H,5-6,9H2,1-4H3. The van der Waals surface area contributed by atoms with E-state index in [2.05, 4.69) is 0 Å². The van der Waals surface area contributed by atoms with Gasteiger partial charge in [-0.15, -0.1) is 0 Å². The Labute approximate surface area is 118 Å². The van der Waals surface area contributed by atoms with Gasteiger partial charge in [-0.1, -0.05) is 17.7 Å². The van der Waals surface area contributed by atoms with Gasteiger partial charge in [-0.05, 0) is 31.9 Å². The highest BCUT2D eigenvalue weighted by Crippen LogP contribution is 2.29. The van der Waals surface area contributed by atoms with Gasteiger partial charge in [-0.2, -0.15) is 8.78 Å². The van der Waals surface area contributed by atoms with Gasteiger partial charge in [0.2, 0.25) is 0 Å². The number of aryl methyl sites for hydroxylation is 3. The third-order valence-electron chi connectivity index (χ3n) is 2.79. The molecular weight excluding hydrogens is 266 g/mol. The Hall–Kier alpha value is -1.46. The lowest BCUT2D eigenvalue weighted by Crippen LogP contribution is -2.07. The van der Waals surface area contributed by atoms with Gasteiger partial charge in [-0.3, -0.25) is 0 Å². The van der Waals surface area contributed by atoms with Gasteiger partial charge in [0, 0.05) is 12.7 Å². The molecule has 0 unspecified atom stereocenters. The molecule has 112 valence electrons. The highest BCUT2D eigenvalue weighted by atomic mass is 19.3. The molecule has 0 aliphatic rings. The maximum atomic E-state index is 13.1. The van der Waals surface area contributed by atoms with Crippen molar-refractivity contribution in [2.75, 3.05) is 27.1 Å². The number of methoxy groups -OCH3 is 1. The molecule has 0 saturated carbocycles. The van der Waals surface area contributed by atoms with E-state index in [4.69, 9.17) is 14.2 Å². The summed E-state index contributed by atoms with van der Waals surface area (Å²) in [6.45, 7) is 5.95. The molecular formula is C15H20F2O3. The first kappa shape index (κ1) is 16.6. The van der Waals surface area contributed by atoms with Crippen molar-refractivity contribution in [3.8, 4) is 0 Å². The third-order valence-corrected chi connectivity index (χ3v) is 2.79. The summed E-state index contributed by atoms with van der Waals surface area (Å²) in [7, 11) is 1.54.